The Hall–Kier alpha value is -5.04. The molecule has 0 spiro atoms. The molecule has 4 aromatic rings. The molecular formula is C23H14FN5O4. The van der Waals surface area contributed by atoms with E-state index in [-0.39, 0.29) is 28.2 Å². The first kappa shape index (κ1) is 21.2. The fourth-order valence-electron chi connectivity index (χ4n) is 2.97. The first-order valence-corrected chi connectivity index (χ1v) is 9.43. The largest absolute Gasteiger partial charge is 0.478 e. The van der Waals surface area contributed by atoms with Crippen LogP contribution in [0.4, 0.5) is 10.1 Å². The van der Waals surface area contributed by atoms with Crippen LogP contribution in [0.25, 0.3) is 5.65 Å². The summed E-state index contributed by atoms with van der Waals surface area (Å²) < 4.78 is 15.7. The number of carboxylic acids is 1. The van der Waals surface area contributed by atoms with Gasteiger partial charge < -0.3 is 16.2 Å². The third kappa shape index (κ3) is 4.38. The molecule has 162 valence electrons. The Morgan fingerprint density at radius 1 is 1.00 bits per heavy atom. The van der Waals surface area contributed by atoms with Crippen LogP contribution < -0.4 is 11.1 Å². The van der Waals surface area contributed by atoms with Crippen molar-refractivity contribution in [3.05, 3.63) is 94.7 Å². The minimum atomic E-state index is -1.17. The maximum Gasteiger partial charge on any atom is 0.339 e. The molecular weight excluding hydrogens is 429 g/mol. The molecule has 33 heavy (non-hydrogen) atoms. The molecule has 2 aromatic carbocycles. The summed E-state index contributed by atoms with van der Waals surface area (Å²) in [4.78, 5) is 35.0. The highest BCUT2D eigenvalue weighted by Gasteiger charge is 2.13. The molecule has 0 radical (unpaired) electrons. The lowest BCUT2D eigenvalue weighted by atomic mass is 10.1. The Balaban J connectivity index is 1.60. The lowest BCUT2D eigenvalue weighted by molar-refractivity contribution is 0.0697. The molecule has 2 aromatic heterocycles. The van der Waals surface area contributed by atoms with Crippen molar-refractivity contribution < 1.29 is 23.9 Å². The van der Waals surface area contributed by atoms with E-state index in [2.05, 4.69) is 27.4 Å². The minimum absolute atomic E-state index is 0.0493. The number of nitrogens with two attached hydrogens (primary N) is 1. The first-order chi connectivity index (χ1) is 15.8. The molecule has 0 saturated carbocycles. The third-order valence-electron chi connectivity index (χ3n) is 4.63. The number of halogens is 1. The highest BCUT2D eigenvalue weighted by atomic mass is 19.1. The monoisotopic (exact) mass is 443 g/mol. The van der Waals surface area contributed by atoms with E-state index in [9.17, 15) is 23.9 Å². The van der Waals surface area contributed by atoms with Crippen LogP contribution in [0.2, 0.25) is 0 Å². The predicted octanol–water partition coefficient (Wildman–Crippen LogP) is 2.32. The first-order valence-electron chi connectivity index (χ1n) is 9.43. The Kier molecular flexibility index (Phi) is 5.53. The summed E-state index contributed by atoms with van der Waals surface area (Å²) in [6, 6.07) is 12.6. The second-order valence-corrected chi connectivity index (χ2v) is 6.78. The average molecular weight is 443 g/mol. The SMILES string of the molecule is NC(=O)c1ccc(NC(=O)c2ccc(F)c(C#Cc3nnc4c(C(=O)O)cccn34)c2)cc1. The Morgan fingerprint density at radius 2 is 1.73 bits per heavy atom. The van der Waals surface area contributed by atoms with Crippen LogP contribution in [0, 0.1) is 17.7 Å². The van der Waals surface area contributed by atoms with E-state index >= 15 is 0 Å². The fraction of sp³-hybridized carbons (Fsp3) is 0. The van der Waals surface area contributed by atoms with Crippen LogP contribution in [0.3, 0.4) is 0 Å². The average Bonchev–Trinajstić information content (AvgIpc) is 3.22. The highest BCUT2D eigenvalue weighted by molar-refractivity contribution is 6.04. The van der Waals surface area contributed by atoms with E-state index in [4.69, 9.17) is 5.73 Å². The molecule has 0 saturated heterocycles. The summed E-state index contributed by atoms with van der Waals surface area (Å²) >= 11 is 0. The van der Waals surface area contributed by atoms with Crippen LogP contribution in [-0.4, -0.2) is 37.5 Å². The second-order valence-electron chi connectivity index (χ2n) is 6.78. The van der Waals surface area contributed by atoms with Crippen molar-refractivity contribution >= 4 is 29.1 Å². The number of aromatic nitrogens is 3. The number of carbonyl (C=O) groups is 3. The van der Waals surface area contributed by atoms with Gasteiger partial charge in [-0.3, -0.25) is 14.0 Å². The highest BCUT2D eigenvalue weighted by Crippen LogP contribution is 2.15. The van der Waals surface area contributed by atoms with Crippen molar-refractivity contribution in [2.45, 2.75) is 0 Å². The number of amides is 2. The van der Waals surface area contributed by atoms with Gasteiger partial charge in [0, 0.05) is 23.0 Å². The number of hydrogen-bond donors (Lipinski definition) is 3. The van der Waals surface area contributed by atoms with Crippen LogP contribution in [-0.2, 0) is 0 Å². The van der Waals surface area contributed by atoms with E-state index < -0.39 is 23.6 Å². The van der Waals surface area contributed by atoms with E-state index in [0.717, 1.165) is 6.07 Å². The van der Waals surface area contributed by atoms with Crippen molar-refractivity contribution in [2.24, 2.45) is 5.73 Å². The molecule has 0 fully saturated rings. The molecule has 0 bridgehead atoms. The normalized spacial score (nSPS) is 10.3. The van der Waals surface area contributed by atoms with Gasteiger partial charge >= 0.3 is 5.97 Å². The number of benzene rings is 2. The summed E-state index contributed by atoms with van der Waals surface area (Å²) in [6.07, 6.45) is 1.54. The fourth-order valence-corrected chi connectivity index (χ4v) is 2.97. The number of fused-ring (bicyclic) bond motifs is 1. The topological polar surface area (TPSA) is 140 Å². The van der Waals surface area contributed by atoms with Gasteiger partial charge in [-0.05, 0) is 60.5 Å². The summed E-state index contributed by atoms with van der Waals surface area (Å²) in [7, 11) is 0. The summed E-state index contributed by atoms with van der Waals surface area (Å²) in [6.45, 7) is 0. The van der Waals surface area contributed by atoms with Gasteiger partial charge in [-0.2, -0.15) is 0 Å². The standard InChI is InChI=1S/C23H14FN5O4/c24-18-9-5-15(22(31)26-16-7-3-13(4-8-16)20(25)30)12-14(18)6-10-19-27-28-21-17(23(32)33)2-1-11-29(19)21/h1-5,7-9,11-12H,(H2,25,30)(H,26,31)(H,32,33). The van der Waals surface area contributed by atoms with E-state index in [1.165, 1.54) is 59.1 Å². The quantitative estimate of drug-likeness (QED) is 0.414. The van der Waals surface area contributed by atoms with Gasteiger partial charge in [0.15, 0.2) is 5.65 Å². The van der Waals surface area contributed by atoms with Gasteiger partial charge in [-0.15, -0.1) is 10.2 Å². The van der Waals surface area contributed by atoms with Gasteiger partial charge in [0.25, 0.3) is 5.91 Å². The third-order valence-corrected chi connectivity index (χ3v) is 4.63. The van der Waals surface area contributed by atoms with Crippen molar-refractivity contribution in [3.63, 3.8) is 0 Å². The number of rotatable bonds is 4. The molecule has 10 heteroatoms. The number of aromatic carboxylic acids is 1. The van der Waals surface area contributed by atoms with Gasteiger partial charge in [-0.1, -0.05) is 5.92 Å². The van der Waals surface area contributed by atoms with Crippen LogP contribution in [0.1, 0.15) is 42.5 Å². The number of anilines is 1. The molecule has 9 nitrogen and oxygen atoms in total. The maximum atomic E-state index is 14.3. The Bertz CT molecular complexity index is 1480. The van der Waals surface area contributed by atoms with Gasteiger partial charge in [0.05, 0.1) is 5.56 Å². The van der Waals surface area contributed by atoms with Crippen molar-refractivity contribution in [1.82, 2.24) is 14.6 Å². The summed E-state index contributed by atoms with van der Waals surface area (Å²) in [5.74, 6) is 2.46. The lowest BCUT2D eigenvalue weighted by Crippen LogP contribution is -2.13. The number of hydrogen-bond acceptors (Lipinski definition) is 5. The Morgan fingerprint density at radius 3 is 2.42 bits per heavy atom. The summed E-state index contributed by atoms with van der Waals surface area (Å²) in [5.41, 5.74) is 6.06. The molecule has 0 aliphatic rings. The number of pyridine rings is 1. The number of carboxylic acid groups (broad SMARTS) is 1. The maximum absolute atomic E-state index is 14.3. The number of nitrogens with one attached hydrogen (secondary N) is 1. The van der Waals surface area contributed by atoms with Crippen LogP contribution in [0.15, 0.2) is 60.8 Å². The molecule has 4 N–H and O–H groups in total. The molecule has 2 amide bonds. The minimum Gasteiger partial charge on any atom is -0.478 e. The molecule has 0 aliphatic carbocycles. The van der Waals surface area contributed by atoms with Gasteiger partial charge in [0.1, 0.15) is 11.4 Å². The summed E-state index contributed by atoms with van der Waals surface area (Å²) in [5, 5.41) is 19.6. The molecule has 4 rings (SSSR count). The predicted molar refractivity (Wildman–Crippen MR) is 115 cm³/mol. The lowest BCUT2D eigenvalue weighted by Gasteiger charge is -2.06. The van der Waals surface area contributed by atoms with E-state index in [0.29, 0.717) is 11.3 Å². The molecule has 0 aliphatic heterocycles. The molecule has 0 unspecified atom stereocenters. The number of primary amides is 1. The molecule has 2 heterocycles. The number of carbonyl (C=O) groups excluding carboxylic acids is 2. The zero-order chi connectivity index (χ0) is 23.5. The Labute approximate surface area is 185 Å². The second kappa shape index (κ2) is 8.60. The number of nitrogens with zero attached hydrogens (tertiary/aromatic N) is 3. The van der Waals surface area contributed by atoms with Crippen molar-refractivity contribution in [3.8, 4) is 11.8 Å². The van der Waals surface area contributed by atoms with E-state index in [1.54, 1.807) is 0 Å². The smallest absolute Gasteiger partial charge is 0.339 e. The van der Waals surface area contributed by atoms with Gasteiger partial charge in [-0.25, -0.2) is 9.18 Å². The molecule has 0 atom stereocenters. The zero-order valence-corrected chi connectivity index (χ0v) is 16.7. The zero-order valence-electron chi connectivity index (χ0n) is 16.7. The van der Waals surface area contributed by atoms with Gasteiger partial charge in [0.2, 0.25) is 11.7 Å². The van der Waals surface area contributed by atoms with E-state index in [1.807, 2.05) is 0 Å². The van der Waals surface area contributed by atoms with Crippen molar-refractivity contribution in [1.29, 1.82) is 0 Å². The van der Waals surface area contributed by atoms with Crippen molar-refractivity contribution in [2.75, 3.05) is 5.32 Å². The van der Waals surface area contributed by atoms with Crippen LogP contribution in [0.5, 0.6) is 0 Å². The van der Waals surface area contributed by atoms with Crippen LogP contribution >= 0.6 is 0 Å².